The third-order valence-corrected chi connectivity index (χ3v) is 10.9. The largest absolute Gasteiger partial charge is 0.496 e. The quantitative estimate of drug-likeness (QED) is 0.216. The Hall–Kier alpha value is -5.50. The molecular weight excluding hydrogens is 660 g/mol. The second kappa shape index (κ2) is 14.3. The Morgan fingerprint density at radius 3 is 2.62 bits per heavy atom. The van der Waals surface area contributed by atoms with E-state index in [1.54, 1.807) is 35.0 Å². The average Bonchev–Trinajstić information content (AvgIpc) is 3.78. The minimum atomic E-state index is -0.346. The predicted molar refractivity (Wildman–Crippen MR) is 198 cm³/mol. The van der Waals surface area contributed by atoms with Crippen LogP contribution in [0.25, 0.3) is 16.6 Å². The van der Waals surface area contributed by atoms with E-state index in [9.17, 15) is 14.4 Å². The fourth-order valence-electron chi connectivity index (χ4n) is 7.93. The molecule has 3 fully saturated rings. The summed E-state index contributed by atoms with van der Waals surface area (Å²) in [5, 5.41) is 15.4. The van der Waals surface area contributed by atoms with Crippen LogP contribution < -0.4 is 25.2 Å². The number of fused-ring (bicyclic) bond motifs is 2. The highest BCUT2D eigenvalue weighted by atomic mass is 16.5. The zero-order chi connectivity index (χ0) is 35.8. The van der Waals surface area contributed by atoms with Gasteiger partial charge in [0.2, 0.25) is 5.91 Å². The molecule has 270 valence electrons. The molecular formula is C38H44N10O4. The summed E-state index contributed by atoms with van der Waals surface area (Å²) in [6.45, 7) is 7.57. The van der Waals surface area contributed by atoms with Crippen molar-refractivity contribution in [3.8, 4) is 5.75 Å². The van der Waals surface area contributed by atoms with E-state index in [0.29, 0.717) is 47.7 Å². The van der Waals surface area contributed by atoms with Crippen LogP contribution in [0.1, 0.15) is 60.5 Å². The van der Waals surface area contributed by atoms with Crippen LogP contribution in [0.5, 0.6) is 5.75 Å². The third-order valence-electron chi connectivity index (χ3n) is 10.9. The number of piperazine rings is 1. The van der Waals surface area contributed by atoms with Crippen LogP contribution >= 0.6 is 0 Å². The number of imide groups is 1. The number of benzene rings is 2. The van der Waals surface area contributed by atoms with Crippen molar-refractivity contribution in [3.05, 3.63) is 72.2 Å². The third kappa shape index (κ3) is 6.77. The van der Waals surface area contributed by atoms with E-state index < -0.39 is 0 Å². The summed E-state index contributed by atoms with van der Waals surface area (Å²) in [5.41, 5.74) is 4.96. The Bertz CT molecular complexity index is 2130. The minimum absolute atomic E-state index is 0.218. The number of anilines is 3. The molecule has 3 aliphatic rings. The van der Waals surface area contributed by atoms with Gasteiger partial charge in [-0.3, -0.25) is 29.4 Å². The Labute approximate surface area is 301 Å². The second-order valence-electron chi connectivity index (χ2n) is 14.1. The molecule has 0 unspecified atom stereocenters. The first-order chi connectivity index (χ1) is 25.3. The number of nitrogens with zero attached hydrogens (tertiary/aromatic N) is 8. The van der Waals surface area contributed by atoms with Crippen LogP contribution in [0.3, 0.4) is 0 Å². The van der Waals surface area contributed by atoms with Gasteiger partial charge in [0.25, 0.3) is 5.91 Å². The first kappa shape index (κ1) is 33.6. The number of aryl methyl sites for hydroxylation is 1. The van der Waals surface area contributed by atoms with Crippen LogP contribution in [0.2, 0.25) is 0 Å². The monoisotopic (exact) mass is 704 g/mol. The van der Waals surface area contributed by atoms with E-state index >= 15 is 0 Å². The fraction of sp³-hybridized carbons (Fsp3) is 0.421. The van der Waals surface area contributed by atoms with Gasteiger partial charge in [0.1, 0.15) is 5.75 Å². The number of methoxy groups -OCH3 is 1. The number of rotatable bonds is 9. The lowest BCUT2D eigenvalue weighted by atomic mass is 9.84. The summed E-state index contributed by atoms with van der Waals surface area (Å²) < 4.78 is 9.29. The predicted octanol–water partition coefficient (Wildman–Crippen LogP) is 5.04. The van der Waals surface area contributed by atoms with Crippen molar-refractivity contribution in [1.82, 2.24) is 34.6 Å². The number of hydrogen-bond donors (Lipinski definition) is 2. The highest BCUT2D eigenvalue weighted by Gasteiger charge is 2.28. The summed E-state index contributed by atoms with van der Waals surface area (Å²) in [7, 11) is 1.57. The molecule has 0 spiro atoms. The average molecular weight is 705 g/mol. The highest BCUT2D eigenvalue weighted by molar-refractivity contribution is 6.08. The maximum atomic E-state index is 13.4. The van der Waals surface area contributed by atoms with Gasteiger partial charge in [-0.2, -0.15) is 14.7 Å². The lowest BCUT2D eigenvalue weighted by Crippen LogP contribution is -2.50. The molecule has 14 heteroatoms. The maximum absolute atomic E-state index is 13.4. The number of aromatic nitrogens is 5. The summed E-state index contributed by atoms with van der Waals surface area (Å²) in [6.07, 6.45) is 11.4. The van der Waals surface area contributed by atoms with Crippen molar-refractivity contribution in [2.75, 3.05) is 61.5 Å². The Morgan fingerprint density at radius 1 is 1.02 bits per heavy atom. The summed E-state index contributed by atoms with van der Waals surface area (Å²) in [5.74, 6) is 1.15. The van der Waals surface area contributed by atoms with Crippen LogP contribution in [0.4, 0.5) is 22.0 Å². The van der Waals surface area contributed by atoms with Crippen molar-refractivity contribution in [1.29, 1.82) is 0 Å². The summed E-state index contributed by atoms with van der Waals surface area (Å²) in [6, 6.07) is 13.6. The zero-order valence-corrected chi connectivity index (χ0v) is 29.6. The summed E-state index contributed by atoms with van der Waals surface area (Å²) in [4.78, 5) is 48.2. The van der Waals surface area contributed by atoms with Gasteiger partial charge in [-0.15, -0.1) is 0 Å². The van der Waals surface area contributed by atoms with Crippen molar-refractivity contribution < 1.29 is 19.1 Å². The molecule has 1 saturated carbocycles. The number of carbonyl (C=O) groups excluding carboxylic acids is 3. The molecule has 2 aromatic carbocycles. The van der Waals surface area contributed by atoms with Crippen molar-refractivity contribution >= 4 is 51.6 Å². The SMILES string of the molecule is COc1cc2nn(C3CCC(CCN4CCN(c5ccc(N6CCC(=O)NC6=O)c(C)c5)CC4)CC3)cc2cc1C(=O)Nc1cnc2cccnn12. The van der Waals surface area contributed by atoms with Gasteiger partial charge in [-0.1, -0.05) is 0 Å². The first-order valence-electron chi connectivity index (χ1n) is 18.2. The molecule has 8 rings (SSSR count). The first-order valence-corrected chi connectivity index (χ1v) is 18.2. The Morgan fingerprint density at radius 2 is 1.85 bits per heavy atom. The standard InChI is InChI=1S/C38H44N10O4/c1-25-20-29(9-10-32(25)46-15-12-36(49)42-38(46)51)45-18-16-44(17-19-45)14-11-26-5-7-28(8-6-26)47-24-27-21-30(33(52-2)22-31(27)43-47)37(50)41-35-23-39-34-4-3-13-40-48(34)35/h3-4,9-10,13,20-24,26,28H,5-8,11-12,14-19H2,1-2H3,(H,41,50)(H,42,49,51). The normalized spacial score (nSPS) is 20.0. The molecule has 0 atom stereocenters. The molecule has 5 heterocycles. The van der Waals surface area contributed by atoms with Gasteiger partial charge in [-0.25, -0.2) is 9.78 Å². The van der Waals surface area contributed by atoms with Crippen molar-refractivity contribution in [2.45, 2.75) is 51.5 Å². The maximum Gasteiger partial charge on any atom is 0.328 e. The summed E-state index contributed by atoms with van der Waals surface area (Å²) >= 11 is 0. The number of urea groups is 1. The van der Waals surface area contributed by atoms with Gasteiger partial charge in [-0.05, 0) is 93.5 Å². The van der Waals surface area contributed by atoms with Crippen LogP contribution in [-0.4, -0.2) is 93.5 Å². The van der Waals surface area contributed by atoms with Crippen molar-refractivity contribution in [2.24, 2.45) is 5.92 Å². The topological polar surface area (TPSA) is 142 Å². The van der Waals surface area contributed by atoms with Gasteiger partial charge in [0.15, 0.2) is 11.5 Å². The number of hydrogen-bond acceptors (Lipinski definition) is 9. The molecule has 0 radical (unpaired) electrons. The lowest BCUT2D eigenvalue weighted by molar-refractivity contribution is -0.120. The van der Waals surface area contributed by atoms with E-state index in [0.717, 1.165) is 67.7 Å². The fourth-order valence-corrected chi connectivity index (χ4v) is 7.93. The van der Waals surface area contributed by atoms with Crippen LogP contribution in [0, 0.1) is 12.8 Å². The lowest BCUT2D eigenvalue weighted by Gasteiger charge is -2.37. The molecule has 3 aromatic heterocycles. The van der Waals surface area contributed by atoms with E-state index in [1.165, 1.54) is 24.9 Å². The number of ether oxygens (including phenoxy) is 1. The van der Waals surface area contributed by atoms with E-state index in [1.807, 2.05) is 31.2 Å². The Kier molecular flexibility index (Phi) is 9.22. The highest BCUT2D eigenvalue weighted by Crippen LogP contribution is 2.36. The number of imidazole rings is 1. The molecule has 2 saturated heterocycles. The van der Waals surface area contributed by atoms with E-state index in [-0.39, 0.29) is 17.8 Å². The van der Waals surface area contributed by atoms with Crippen molar-refractivity contribution in [3.63, 3.8) is 0 Å². The molecule has 5 aromatic rings. The Balaban J connectivity index is 0.820. The zero-order valence-electron chi connectivity index (χ0n) is 29.6. The van der Waals surface area contributed by atoms with Crippen LogP contribution in [0.15, 0.2) is 61.1 Å². The number of nitrogens with one attached hydrogen (secondary N) is 2. The van der Waals surface area contributed by atoms with Gasteiger partial charge in [0.05, 0.1) is 30.4 Å². The smallest absolute Gasteiger partial charge is 0.328 e. The van der Waals surface area contributed by atoms with Gasteiger partial charge >= 0.3 is 6.03 Å². The van der Waals surface area contributed by atoms with E-state index in [4.69, 9.17) is 9.84 Å². The molecule has 2 N–H and O–H groups in total. The molecule has 2 aliphatic heterocycles. The number of carbonyl (C=O) groups is 3. The molecule has 52 heavy (non-hydrogen) atoms. The van der Waals surface area contributed by atoms with Gasteiger partial charge in [0, 0.05) is 74.4 Å². The minimum Gasteiger partial charge on any atom is -0.496 e. The van der Waals surface area contributed by atoms with E-state index in [2.05, 4.69) is 53.5 Å². The molecule has 0 bridgehead atoms. The van der Waals surface area contributed by atoms with Crippen LogP contribution in [-0.2, 0) is 4.79 Å². The number of amides is 4. The van der Waals surface area contributed by atoms with Gasteiger partial charge < -0.3 is 15.0 Å². The molecule has 1 aliphatic carbocycles. The molecule has 4 amide bonds. The second-order valence-corrected chi connectivity index (χ2v) is 14.1. The molecule has 14 nitrogen and oxygen atoms in total.